The molecule has 5 heteroatoms. The third kappa shape index (κ3) is 3.05. The summed E-state index contributed by atoms with van der Waals surface area (Å²) >= 11 is 0. The molecule has 0 spiro atoms. The average molecular weight is 256 g/mol. The Morgan fingerprint density at radius 3 is 2.47 bits per heavy atom. The summed E-state index contributed by atoms with van der Waals surface area (Å²) in [5, 5.41) is 4.25. The van der Waals surface area contributed by atoms with E-state index in [1.54, 1.807) is 18.3 Å². The van der Waals surface area contributed by atoms with Gasteiger partial charge in [-0.05, 0) is 24.6 Å². The number of halogens is 2. The molecule has 1 heterocycles. The van der Waals surface area contributed by atoms with Crippen LogP contribution >= 0.6 is 12.4 Å². The number of aromatic nitrogens is 2. The topological polar surface area (TPSA) is 43.8 Å². The van der Waals surface area contributed by atoms with Crippen LogP contribution in [0, 0.1) is 12.7 Å². The molecule has 0 unspecified atom stereocenters. The second-order valence-corrected chi connectivity index (χ2v) is 3.74. The lowest BCUT2D eigenvalue weighted by Gasteiger charge is -2.05. The fourth-order valence-corrected chi connectivity index (χ4v) is 1.61. The first kappa shape index (κ1) is 13.7. The second kappa shape index (κ2) is 5.80. The molecule has 92 valence electrons. The monoisotopic (exact) mass is 255 g/mol. The molecule has 1 aromatic heterocycles. The van der Waals surface area contributed by atoms with Crippen molar-refractivity contribution in [3.8, 4) is 0 Å². The molecule has 1 aromatic carbocycles. The molecule has 0 aliphatic heterocycles. The quantitative estimate of drug-likeness (QED) is 0.914. The summed E-state index contributed by atoms with van der Waals surface area (Å²) in [6.07, 6.45) is 1.78. The fourth-order valence-electron chi connectivity index (χ4n) is 1.61. The summed E-state index contributed by atoms with van der Waals surface area (Å²) in [6.45, 7) is 3.13. The van der Waals surface area contributed by atoms with Gasteiger partial charge in [0.2, 0.25) is 0 Å². The van der Waals surface area contributed by atoms with Gasteiger partial charge in [0.15, 0.2) is 0 Å². The summed E-state index contributed by atoms with van der Waals surface area (Å²) in [4.78, 5) is 0. The molecule has 0 bridgehead atoms. The maximum atomic E-state index is 12.7. The Morgan fingerprint density at radius 2 is 1.94 bits per heavy atom. The van der Waals surface area contributed by atoms with E-state index in [1.807, 2.05) is 11.6 Å². The molecule has 0 atom stereocenters. The smallest absolute Gasteiger partial charge is 0.123 e. The van der Waals surface area contributed by atoms with E-state index in [4.69, 9.17) is 5.73 Å². The largest absolute Gasteiger partial charge is 0.326 e. The van der Waals surface area contributed by atoms with Crippen LogP contribution in [0.2, 0.25) is 0 Å². The highest BCUT2D eigenvalue weighted by Crippen LogP contribution is 2.10. The van der Waals surface area contributed by atoms with E-state index in [0.717, 1.165) is 16.8 Å². The SMILES string of the molecule is Cc1c(CN)cnn1Cc1ccc(F)cc1.Cl. The summed E-state index contributed by atoms with van der Waals surface area (Å²) in [5.41, 5.74) is 8.70. The number of nitrogens with zero attached hydrogens (tertiary/aromatic N) is 2. The van der Waals surface area contributed by atoms with Crippen molar-refractivity contribution in [3.63, 3.8) is 0 Å². The van der Waals surface area contributed by atoms with Crippen LogP contribution in [0.15, 0.2) is 30.5 Å². The molecule has 0 aliphatic rings. The van der Waals surface area contributed by atoms with E-state index in [9.17, 15) is 4.39 Å². The van der Waals surface area contributed by atoms with Gasteiger partial charge in [0.1, 0.15) is 5.82 Å². The fraction of sp³-hybridized carbons (Fsp3) is 0.250. The molecule has 0 radical (unpaired) electrons. The highest BCUT2D eigenvalue weighted by atomic mass is 35.5. The molecule has 0 aliphatic carbocycles. The Balaban J connectivity index is 0.00000144. The Hall–Kier alpha value is -1.39. The van der Waals surface area contributed by atoms with Gasteiger partial charge < -0.3 is 5.73 Å². The minimum absolute atomic E-state index is 0. The van der Waals surface area contributed by atoms with Crippen LogP contribution < -0.4 is 5.73 Å². The summed E-state index contributed by atoms with van der Waals surface area (Å²) in [5.74, 6) is -0.219. The standard InChI is InChI=1S/C12H14FN3.ClH/c1-9-11(6-14)7-15-16(9)8-10-2-4-12(13)5-3-10;/h2-5,7H,6,8,14H2,1H3;1H. The third-order valence-electron chi connectivity index (χ3n) is 2.67. The molecule has 0 fully saturated rings. The van der Waals surface area contributed by atoms with E-state index in [1.165, 1.54) is 12.1 Å². The molecule has 2 aromatic rings. The van der Waals surface area contributed by atoms with E-state index in [-0.39, 0.29) is 18.2 Å². The van der Waals surface area contributed by atoms with Crippen LogP contribution in [0.3, 0.4) is 0 Å². The zero-order valence-corrected chi connectivity index (χ0v) is 10.4. The Kier molecular flexibility index (Phi) is 4.66. The molecule has 0 saturated heterocycles. The van der Waals surface area contributed by atoms with Gasteiger partial charge in [-0.1, -0.05) is 12.1 Å². The van der Waals surface area contributed by atoms with Crippen molar-refractivity contribution in [3.05, 3.63) is 53.1 Å². The van der Waals surface area contributed by atoms with Gasteiger partial charge in [0.05, 0.1) is 12.7 Å². The van der Waals surface area contributed by atoms with E-state index >= 15 is 0 Å². The minimum atomic E-state index is -0.219. The number of hydrogen-bond acceptors (Lipinski definition) is 2. The van der Waals surface area contributed by atoms with Crippen LogP contribution in [0.4, 0.5) is 4.39 Å². The molecule has 2 N–H and O–H groups in total. The normalized spacial score (nSPS) is 10.1. The Bertz CT molecular complexity index is 479. The molecule has 17 heavy (non-hydrogen) atoms. The summed E-state index contributed by atoms with van der Waals surface area (Å²) < 4.78 is 14.6. The lowest BCUT2D eigenvalue weighted by molar-refractivity contribution is 0.623. The van der Waals surface area contributed by atoms with Crippen LogP contribution in [0.25, 0.3) is 0 Å². The van der Waals surface area contributed by atoms with E-state index in [0.29, 0.717) is 13.1 Å². The molecular weight excluding hydrogens is 241 g/mol. The maximum absolute atomic E-state index is 12.7. The van der Waals surface area contributed by atoms with Crippen LogP contribution in [0.5, 0.6) is 0 Å². The van der Waals surface area contributed by atoms with Gasteiger partial charge in [-0.15, -0.1) is 12.4 Å². The van der Waals surface area contributed by atoms with Crippen LogP contribution in [0.1, 0.15) is 16.8 Å². The van der Waals surface area contributed by atoms with Gasteiger partial charge in [-0.3, -0.25) is 4.68 Å². The Morgan fingerprint density at radius 1 is 1.29 bits per heavy atom. The van der Waals surface area contributed by atoms with Crippen molar-refractivity contribution in [2.24, 2.45) is 5.73 Å². The summed E-state index contributed by atoms with van der Waals surface area (Å²) in [6, 6.07) is 6.44. The van der Waals surface area contributed by atoms with Crippen molar-refractivity contribution in [1.82, 2.24) is 9.78 Å². The van der Waals surface area contributed by atoms with E-state index in [2.05, 4.69) is 5.10 Å². The summed E-state index contributed by atoms with van der Waals surface area (Å²) in [7, 11) is 0. The van der Waals surface area contributed by atoms with Crippen LogP contribution in [-0.4, -0.2) is 9.78 Å². The molecule has 0 amide bonds. The number of hydrogen-bond donors (Lipinski definition) is 1. The van der Waals surface area contributed by atoms with Gasteiger partial charge in [0, 0.05) is 17.8 Å². The van der Waals surface area contributed by atoms with Gasteiger partial charge >= 0.3 is 0 Å². The van der Waals surface area contributed by atoms with E-state index < -0.39 is 0 Å². The van der Waals surface area contributed by atoms with Crippen molar-refractivity contribution in [2.45, 2.75) is 20.0 Å². The van der Waals surface area contributed by atoms with Gasteiger partial charge in [-0.2, -0.15) is 5.10 Å². The number of benzene rings is 1. The zero-order chi connectivity index (χ0) is 11.5. The van der Waals surface area contributed by atoms with Crippen LogP contribution in [-0.2, 0) is 13.1 Å². The minimum Gasteiger partial charge on any atom is -0.326 e. The first-order chi connectivity index (χ1) is 7.70. The third-order valence-corrected chi connectivity index (χ3v) is 2.67. The zero-order valence-electron chi connectivity index (χ0n) is 9.56. The highest BCUT2D eigenvalue weighted by molar-refractivity contribution is 5.85. The predicted octanol–water partition coefficient (Wildman–Crippen LogP) is 2.26. The van der Waals surface area contributed by atoms with Crippen molar-refractivity contribution in [1.29, 1.82) is 0 Å². The maximum Gasteiger partial charge on any atom is 0.123 e. The van der Waals surface area contributed by atoms with Gasteiger partial charge in [-0.25, -0.2) is 4.39 Å². The first-order valence-corrected chi connectivity index (χ1v) is 5.16. The first-order valence-electron chi connectivity index (χ1n) is 5.16. The molecule has 0 saturated carbocycles. The Labute approximate surface area is 106 Å². The van der Waals surface area contributed by atoms with Crippen molar-refractivity contribution in [2.75, 3.05) is 0 Å². The predicted molar refractivity (Wildman–Crippen MR) is 67.6 cm³/mol. The lowest BCUT2D eigenvalue weighted by Crippen LogP contribution is -2.05. The molecule has 2 rings (SSSR count). The van der Waals surface area contributed by atoms with Gasteiger partial charge in [0.25, 0.3) is 0 Å². The molecule has 3 nitrogen and oxygen atoms in total. The molecular formula is C12H15ClFN3. The highest BCUT2D eigenvalue weighted by Gasteiger charge is 2.05. The second-order valence-electron chi connectivity index (χ2n) is 3.74. The van der Waals surface area contributed by atoms with Crippen molar-refractivity contribution < 1.29 is 4.39 Å². The lowest BCUT2D eigenvalue weighted by atomic mass is 10.2. The average Bonchev–Trinajstić information content (AvgIpc) is 2.63. The number of rotatable bonds is 3. The van der Waals surface area contributed by atoms with Crippen molar-refractivity contribution >= 4 is 12.4 Å². The number of nitrogens with two attached hydrogens (primary N) is 1.